The number of fused-ring (bicyclic) bond motifs is 1. The van der Waals surface area contributed by atoms with Gasteiger partial charge in [-0.05, 0) is 18.1 Å². The van der Waals surface area contributed by atoms with E-state index in [1.54, 1.807) is 0 Å². The van der Waals surface area contributed by atoms with Crippen molar-refractivity contribution in [2.24, 2.45) is 5.73 Å². The van der Waals surface area contributed by atoms with E-state index < -0.39 is 41.7 Å². The highest BCUT2D eigenvalue weighted by Gasteiger charge is 2.51. The summed E-state index contributed by atoms with van der Waals surface area (Å²) >= 11 is 1.35. The number of hydrogen-bond donors (Lipinski definition) is 3. The van der Waals surface area contributed by atoms with Gasteiger partial charge in [0.15, 0.2) is 0 Å². The third-order valence-electron chi connectivity index (χ3n) is 4.13. The maximum absolute atomic E-state index is 12.2. The van der Waals surface area contributed by atoms with Crippen LogP contribution < -0.4 is 5.73 Å². The molecule has 3 rings (SSSR count). The predicted molar refractivity (Wildman–Crippen MR) is 82.6 cm³/mol. The molecule has 0 saturated carbocycles. The summed E-state index contributed by atoms with van der Waals surface area (Å²) in [5.74, 6) is -2.91. The van der Waals surface area contributed by atoms with Gasteiger partial charge in [-0.25, -0.2) is 4.79 Å². The fraction of sp³-hybridized carbons (Fsp3) is 0.429. The molecule has 3 heterocycles. The number of thioether (sulfide) groups is 1. The average Bonchev–Trinajstić information content (AvgIpc) is 2.86. The van der Waals surface area contributed by atoms with E-state index in [0.717, 1.165) is 4.90 Å². The number of likely N-dealkylation sites (tertiary alicyclic amines) is 1. The second-order valence-electron chi connectivity index (χ2n) is 5.65. The van der Waals surface area contributed by atoms with E-state index in [1.165, 1.54) is 22.7 Å². The Kier molecular flexibility index (Phi) is 4.10. The number of amides is 2. The van der Waals surface area contributed by atoms with E-state index in [-0.39, 0.29) is 12.2 Å². The molecule has 4 N–H and O–H groups in total. The van der Waals surface area contributed by atoms with Crippen LogP contribution in [0.2, 0.25) is 0 Å². The lowest BCUT2D eigenvalue weighted by molar-refractivity contribution is -0.147. The topological polar surface area (TPSA) is 141 Å². The van der Waals surface area contributed by atoms with Crippen molar-refractivity contribution in [2.75, 3.05) is 18.8 Å². The molecule has 0 spiro atoms. The Labute approximate surface area is 140 Å². The highest BCUT2D eigenvalue weighted by molar-refractivity contribution is 8.00. The molecule has 128 valence electrons. The first-order valence-corrected chi connectivity index (χ1v) is 8.24. The number of allylic oxidation sites excluding steroid dienone is 1. The normalized spacial score (nSPS) is 28.3. The molecular weight excluding hydrogens is 338 g/mol. The summed E-state index contributed by atoms with van der Waals surface area (Å²) in [4.78, 5) is 48.7. The zero-order chi connectivity index (χ0) is 17.6. The summed E-state index contributed by atoms with van der Waals surface area (Å²) in [5, 5.41) is 17.8. The molecule has 0 aliphatic carbocycles. The largest absolute Gasteiger partial charge is 0.480 e. The SMILES string of the molecule is N[C@@H]1C(=O)N2C(C(=O)O)=C(/C=C3\CCN(CC(=O)O)C3=O)CS[C@H]12. The Morgan fingerprint density at radius 3 is 2.67 bits per heavy atom. The van der Waals surface area contributed by atoms with Crippen molar-refractivity contribution in [1.82, 2.24) is 9.80 Å². The molecule has 3 aliphatic rings. The lowest BCUT2D eigenvalue weighted by Crippen LogP contribution is -2.68. The molecule has 2 amide bonds. The van der Waals surface area contributed by atoms with Gasteiger partial charge in [0.1, 0.15) is 23.7 Å². The van der Waals surface area contributed by atoms with Gasteiger partial charge in [0.05, 0.1) is 0 Å². The van der Waals surface area contributed by atoms with Gasteiger partial charge in [0, 0.05) is 17.9 Å². The van der Waals surface area contributed by atoms with Crippen LogP contribution in [0.25, 0.3) is 0 Å². The van der Waals surface area contributed by atoms with E-state index in [9.17, 15) is 24.3 Å². The maximum atomic E-state index is 12.2. The molecule has 24 heavy (non-hydrogen) atoms. The molecule has 2 fully saturated rings. The van der Waals surface area contributed by atoms with Gasteiger partial charge in [0.25, 0.3) is 0 Å². The highest BCUT2D eigenvalue weighted by Crippen LogP contribution is 2.40. The summed E-state index contributed by atoms with van der Waals surface area (Å²) in [6, 6.07) is -0.710. The third kappa shape index (κ3) is 2.57. The van der Waals surface area contributed by atoms with Crippen molar-refractivity contribution < 1.29 is 29.4 Å². The van der Waals surface area contributed by atoms with Gasteiger partial charge in [0.2, 0.25) is 11.8 Å². The van der Waals surface area contributed by atoms with E-state index >= 15 is 0 Å². The molecule has 2 saturated heterocycles. The van der Waals surface area contributed by atoms with Gasteiger partial charge in [-0.15, -0.1) is 11.8 Å². The number of nitrogens with zero attached hydrogens (tertiary/aromatic N) is 2. The number of carboxylic acids is 2. The fourth-order valence-corrected chi connectivity index (χ4v) is 4.23. The van der Waals surface area contributed by atoms with Crippen LogP contribution in [0.15, 0.2) is 22.9 Å². The number of carboxylic acid groups (broad SMARTS) is 2. The molecule has 2 atom stereocenters. The van der Waals surface area contributed by atoms with Crippen molar-refractivity contribution in [1.29, 1.82) is 0 Å². The molecule has 0 radical (unpaired) electrons. The fourth-order valence-electron chi connectivity index (χ4n) is 2.98. The molecule has 0 aromatic carbocycles. The molecule has 0 bridgehead atoms. The van der Waals surface area contributed by atoms with E-state index in [1.807, 2.05) is 0 Å². The van der Waals surface area contributed by atoms with Crippen molar-refractivity contribution in [3.05, 3.63) is 22.9 Å². The summed E-state index contributed by atoms with van der Waals surface area (Å²) < 4.78 is 0. The summed E-state index contributed by atoms with van der Waals surface area (Å²) in [5.41, 5.74) is 6.24. The first-order valence-electron chi connectivity index (χ1n) is 7.19. The standard InChI is InChI=1S/C14H15N3O6S/c15-9-12(21)17-10(14(22)23)7(5-24-13(9)17)3-6-1-2-16(11(6)20)4-8(18)19/h3,9,13H,1-2,4-5,15H2,(H,18,19)(H,22,23)/b6-3+/t9-,13-/m1/s1. The minimum atomic E-state index is -1.25. The van der Waals surface area contributed by atoms with Gasteiger partial charge in [-0.1, -0.05) is 0 Å². The lowest BCUT2D eigenvalue weighted by Gasteiger charge is -2.47. The Morgan fingerprint density at radius 2 is 2.04 bits per heavy atom. The highest BCUT2D eigenvalue weighted by atomic mass is 32.2. The van der Waals surface area contributed by atoms with Crippen LogP contribution in [0.4, 0.5) is 0 Å². The molecule has 9 nitrogen and oxygen atoms in total. The number of β-lactam (4-membered cyclic amide) rings is 1. The number of carbonyl (C=O) groups is 4. The van der Waals surface area contributed by atoms with Crippen molar-refractivity contribution >= 4 is 35.5 Å². The lowest BCUT2D eigenvalue weighted by atomic mass is 10.0. The van der Waals surface area contributed by atoms with Crippen LogP contribution in [0, 0.1) is 0 Å². The zero-order valence-corrected chi connectivity index (χ0v) is 13.3. The second-order valence-corrected chi connectivity index (χ2v) is 6.76. The van der Waals surface area contributed by atoms with Gasteiger partial charge < -0.3 is 20.8 Å². The van der Waals surface area contributed by atoms with Crippen LogP contribution >= 0.6 is 11.8 Å². The number of rotatable bonds is 4. The molecule has 0 aromatic heterocycles. The van der Waals surface area contributed by atoms with Gasteiger partial charge in [-0.2, -0.15) is 0 Å². The molecule has 10 heteroatoms. The summed E-state index contributed by atoms with van der Waals surface area (Å²) in [6.07, 6.45) is 1.80. The molecule has 3 aliphatic heterocycles. The van der Waals surface area contributed by atoms with Crippen LogP contribution in [0.5, 0.6) is 0 Å². The minimum Gasteiger partial charge on any atom is -0.480 e. The number of aliphatic carboxylic acids is 2. The van der Waals surface area contributed by atoms with Crippen LogP contribution in [-0.4, -0.2) is 74.0 Å². The van der Waals surface area contributed by atoms with E-state index in [2.05, 4.69) is 0 Å². The number of carbonyl (C=O) groups excluding carboxylic acids is 2. The van der Waals surface area contributed by atoms with Crippen molar-refractivity contribution in [3.8, 4) is 0 Å². The van der Waals surface area contributed by atoms with Crippen molar-refractivity contribution in [2.45, 2.75) is 17.8 Å². The summed E-state index contributed by atoms with van der Waals surface area (Å²) in [6.45, 7) is -0.118. The molecular formula is C14H15N3O6S. The van der Waals surface area contributed by atoms with E-state index in [4.69, 9.17) is 10.8 Å². The molecule has 0 aromatic rings. The van der Waals surface area contributed by atoms with E-state index in [0.29, 0.717) is 23.3 Å². The Balaban J connectivity index is 1.90. The maximum Gasteiger partial charge on any atom is 0.352 e. The summed E-state index contributed by atoms with van der Waals surface area (Å²) in [7, 11) is 0. The Bertz CT molecular complexity index is 715. The van der Waals surface area contributed by atoms with Crippen molar-refractivity contribution in [3.63, 3.8) is 0 Å². The monoisotopic (exact) mass is 353 g/mol. The zero-order valence-electron chi connectivity index (χ0n) is 12.5. The Morgan fingerprint density at radius 1 is 1.33 bits per heavy atom. The number of nitrogens with two attached hydrogens (primary N) is 1. The minimum absolute atomic E-state index is 0.151. The predicted octanol–water partition coefficient (Wildman–Crippen LogP) is -1.19. The van der Waals surface area contributed by atoms with Gasteiger partial charge >= 0.3 is 11.9 Å². The Hall–Kier alpha value is -2.33. The van der Waals surface area contributed by atoms with Crippen LogP contribution in [0.1, 0.15) is 6.42 Å². The average molecular weight is 353 g/mol. The second kappa shape index (κ2) is 5.95. The molecule has 0 unspecified atom stereocenters. The van der Waals surface area contributed by atoms with Crippen LogP contribution in [0.3, 0.4) is 0 Å². The number of hydrogen-bond acceptors (Lipinski definition) is 6. The van der Waals surface area contributed by atoms with Gasteiger partial charge in [-0.3, -0.25) is 19.3 Å². The first kappa shape index (κ1) is 16.5. The quantitative estimate of drug-likeness (QED) is 0.423. The van der Waals surface area contributed by atoms with Crippen LogP contribution in [-0.2, 0) is 19.2 Å². The smallest absolute Gasteiger partial charge is 0.352 e. The first-order chi connectivity index (χ1) is 11.3. The third-order valence-corrected chi connectivity index (χ3v) is 5.45.